The van der Waals surface area contributed by atoms with E-state index < -0.39 is 0 Å². The van der Waals surface area contributed by atoms with Gasteiger partial charge in [-0.1, -0.05) is 13.8 Å². The van der Waals surface area contributed by atoms with E-state index in [4.69, 9.17) is 0 Å². The fraction of sp³-hybridized carbons (Fsp3) is 0.562. The van der Waals surface area contributed by atoms with E-state index >= 15 is 0 Å². The van der Waals surface area contributed by atoms with Gasteiger partial charge < -0.3 is 9.88 Å². The molecule has 3 heterocycles. The van der Waals surface area contributed by atoms with Gasteiger partial charge in [-0.05, 0) is 25.8 Å². The molecule has 1 N–H and O–H groups in total. The fourth-order valence-corrected chi connectivity index (χ4v) is 2.93. The highest BCUT2D eigenvalue weighted by Crippen LogP contribution is 2.24. The third-order valence-corrected chi connectivity index (χ3v) is 4.40. The molecule has 0 aliphatic carbocycles. The van der Waals surface area contributed by atoms with Crippen molar-refractivity contribution in [2.75, 3.05) is 5.32 Å². The van der Waals surface area contributed by atoms with E-state index in [9.17, 15) is 5.26 Å². The Balaban J connectivity index is 1.85. The molecule has 0 saturated heterocycles. The van der Waals surface area contributed by atoms with Gasteiger partial charge in [0.15, 0.2) is 5.82 Å². The minimum atomic E-state index is 0.194. The average molecular weight is 311 g/mol. The summed E-state index contributed by atoms with van der Waals surface area (Å²) in [5.41, 5.74) is 2.25. The molecule has 1 aliphatic heterocycles. The third-order valence-electron chi connectivity index (χ3n) is 4.40. The van der Waals surface area contributed by atoms with Gasteiger partial charge in [-0.2, -0.15) is 10.4 Å². The maximum atomic E-state index is 9.41. The maximum Gasteiger partial charge on any atom is 0.167 e. The van der Waals surface area contributed by atoms with Crippen molar-refractivity contribution in [1.82, 2.24) is 25.0 Å². The summed E-state index contributed by atoms with van der Waals surface area (Å²) < 4.78 is 2.19. The van der Waals surface area contributed by atoms with Crippen LogP contribution in [-0.2, 0) is 13.0 Å². The number of aromatic nitrogens is 5. The quantitative estimate of drug-likeness (QED) is 0.933. The molecule has 0 aromatic carbocycles. The van der Waals surface area contributed by atoms with Gasteiger partial charge in [0.2, 0.25) is 0 Å². The van der Waals surface area contributed by atoms with Crippen LogP contribution in [0.2, 0.25) is 0 Å². The van der Waals surface area contributed by atoms with Crippen LogP contribution in [0.5, 0.6) is 0 Å². The van der Waals surface area contributed by atoms with Crippen molar-refractivity contribution in [3.8, 4) is 6.07 Å². The second-order valence-corrected chi connectivity index (χ2v) is 6.37. The molecule has 1 aliphatic rings. The van der Waals surface area contributed by atoms with Crippen molar-refractivity contribution in [2.24, 2.45) is 0 Å². The van der Waals surface area contributed by atoms with Crippen molar-refractivity contribution in [3.63, 3.8) is 0 Å². The van der Waals surface area contributed by atoms with Gasteiger partial charge >= 0.3 is 0 Å². The molecule has 0 fully saturated rings. The summed E-state index contributed by atoms with van der Waals surface area (Å²) >= 11 is 0. The number of anilines is 1. The fourth-order valence-electron chi connectivity index (χ4n) is 2.93. The van der Waals surface area contributed by atoms with E-state index in [2.05, 4.69) is 50.2 Å². The number of rotatable bonds is 3. The molecule has 7 heteroatoms. The standard InChI is InChI=1S/C16H21N7/c1-9(2)16-22-20-14-6-5-12(8-23(14)16)18-15-13(7-17)10(3)11(4)19-21-15/h9,12H,5-6,8H2,1-4H3,(H,18,21)/t12-/m1/s1. The molecule has 3 rings (SSSR count). The topological polar surface area (TPSA) is 92.3 Å². The smallest absolute Gasteiger partial charge is 0.167 e. The molecular formula is C16H21N7. The van der Waals surface area contributed by atoms with E-state index in [1.54, 1.807) is 0 Å². The minimum Gasteiger partial charge on any atom is -0.363 e. The largest absolute Gasteiger partial charge is 0.363 e. The van der Waals surface area contributed by atoms with E-state index in [0.29, 0.717) is 17.3 Å². The first kappa shape index (κ1) is 15.4. The molecule has 23 heavy (non-hydrogen) atoms. The van der Waals surface area contributed by atoms with E-state index in [-0.39, 0.29) is 6.04 Å². The van der Waals surface area contributed by atoms with Gasteiger partial charge in [0.1, 0.15) is 23.3 Å². The zero-order valence-electron chi connectivity index (χ0n) is 14.0. The van der Waals surface area contributed by atoms with E-state index in [1.165, 1.54) is 0 Å². The molecule has 120 valence electrons. The lowest BCUT2D eigenvalue weighted by Crippen LogP contribution is -2.33. The highest BCUT2D eigenvalue weighted by Gasteiger charge is 2.25. The van der Waals surface area contributed by atoms with Gasteiger partial charge in [-0.25, -0.2) is 0 Å². The molecule has 0 radical (unpaired) electrons. The summed E-state index contributed by atoms with van der Waals surface area (Å²) in [6, 6.07) is 2.44. The zero-order valence-corrected chi connectivity index (χ0v) is 14.0. The van der Waals surface area contributed by atoms with Gasteiger partial charge in [-0.15, -0.1) is 15.3 Å². The Morgan fingerprint density at radius 3 is 2.70 bits per heavy atom. The Hall–Kier alpha value is -2.49. The summed E-state index contributed by atoms with van der Waals surface area (Å²) in [4.78, 5) is 0. The predicted octanol–water partition coefficient (Wildman–Crippen LogP) is 2.11. The van der Waals surface area contributed by atoms with E-state index in [0.717, 1.165) is 42.3 Å². The first-order chi connectivity index (χ1) is 11.0. The van der Waals surface area contributed by atoms with Gasteiger partial charge in [0, 0.05) is 24.9 Å². The molecule has 1 atom stereocenters. The molecule has 0 spiro atoms. The zero-order chi connectivity index (χ0) is 16.6. The van der Waals surface area contributed by atoms with Crippen molar-refractivity contribution < 1.29 is 0 Å². The highest BCUT2D eigenvalue weighted by atomic mass is 15.3. The second kappa shape index (κ2) is 5.95. The number of nitrogens with one attached hydrogen (secondary N) is 1. The van der Waals surface area contributed by atoms with Gasteiger partial charge in [0.25, 0.3) is 0 Å². The minimum absolute atomic E-state index is 0.194. The monoisotopic (exact) mass is 311 g/mol. The molecular weight excluding hydrogens is 290 g/mol. The molecule has 7 nitrogen and oxygen atoms in total. The molecule has 0 amide bonds. The SMILES string of the molecule is Cc1nnc(N[C@@H]2CCc3nnc(C(C)C)n3C2)c(C#N)c1C. The van der Waals surface area contributed by atoms with Crippen LogP contribution in [0.15, 0.2) is 0 Å². The van der Waals surface area contributed by atoms with Crippen molar-refractivity contribution in [3.05, 3.63) is 28.5 Å². The Labute approximate surface area is 135 Å². The number of hydrogen-bond acceptors (Lipinski definition) is 6. The summed E-state index contributed by atoms with van der Waals surface area (Å²) in [6.07, 6.45) is 1.81. The number of nitrogens with zero attached hydrogens (tertiary/aromatic N) is 6. The molecule has 0 unspecified atom stereocenters. The number of nitriles is 1. The first-order valence-electron chi connectivity index (χ1n) is 7.93. The highest BCUT2D eigenvalue weighted by molar-refractivity contribution is 5.56. The van der Waals surface area contributed by atoms with Crippen LogP contribution in [0.3, 0.4) is 0 Å². The lowest BCUT2D eigenvalue weighted by molar-refractivity contribution is 0.458. The summed E-state index contributed by atoms with van der Waals surface area (Å²) in [6.45, 7) is 8.80. The molecule has 0 saturated carbocycles. The lowest BCUT2D eigenvalue weighted by Gasteiger charge is -2.26. The van der Waals surface area contributed by atoms with E-state index in [1.807, 2.05) is 13.8 Å². The average Bonchev–Trinajstić information content (AvgIpc) is 2.94. The van der Waals surface area contributed by atoms with Crippen molar-refractivity contribution in [1.29, 1.82) is 5.26 Å². The Morgan fingerprint density at radius 2 is 2.00 bits per heavy atom. The second-order valence-electron chi connectivity index (χ2n) is 6.37. The van der Waals surface area contributed by atoms with Crippen LogP contribution in [-0.4, -0.2) is 31.0 Å². The van der Waals surface area contributed by atoms with Gasteiger partial charge in [-0.3, -0.25) is 0 Å². The normalized spacial score (nSPS) is 17.0. The van der Waals surface area contributed by atoms with Crippen LogP contribution < -0.4 is 5.32 Å². The van der Waals surface area contributed by atoms with Gasteiger partial charge in [0.05, 0.1) is 5.69 Å². The first-order valence-corrected chi connectivity index (χ1v) is 7.93. The molecule has 0 bridgehead atoms. The maximum absolute atomic E-state index is 9.41. The Kier molecular flexibility index (Phi) is 3.99. The molecule has 2 aromatic heterocycles. The van der Waals surface area contributed by atoms with Crippen molar-refractivity contribution >= 4 is 5.82 Å². The number of aryl methyl sites for hydroxylation is 2. The summed E-state index contributed by atoms with van der Waals surface area (Å²) in [7, 11) is 0. The van der Waals surface area contributed by atoms with Crippen LogP contribution in [0.25, 0.3) is 0 Å². The summed E-state index contributed by atoms with van der Waals surface area (Å²) in [5.74, 6) is 2.96. The van der Waals surface area contributed by atoms with Crippen LogP contribution in [0, 0.1) is 25.2 Å². The Bertz CT molecular complexity index is 769. The Morgan fingerprint density at radius 1 is 1.22 bits per heavy atom. The number of fused-ring (bicyclic) bond motifs is 1. The predicted molar refractivity (Wildman–Crippen MR) is 86.1 cm³/mol. The van der Waals surface area contributed by atoms with Crippen LogP contribution >= 0.6 is 0 Å². The third kappa shape index (κ3) is 2.77. The van der Waals surface area contributed by atoms with Crippen LogP contribution in [0.1, 0.15) is 54.7 Å². The summed E-state index contributed by atoms with van der Waals surface area (Å²) in [5, 5.41) is 29.7. The lowest BCUT2D eigenvalue weighted by atomic mass is 10.0. The van der Waals surface area contributed by atoms with Crippen LogP contribution in [0.4, 0.5) is 5.82 Å². The number of hydrogen-bond donors (Lipinski definition) is 1. The van der Waals surface area contributed by atoms with Crippen molar-refractivity contribution in [2.45, 2.75) is 59.0 Å². The molecule has 2 aromatic rings.